The van der Waals surface area contributed by atoms with Crippen LogP contribution in [0.1, 0.15) is 30.8 Å². The number of nitrogens with zero attached hydrogens (tertiary/aromatic N) is 2. The fraction of sp³-hybridized carbons (Fsp3) is 0.545. The number of aromatic nitrogens is 1. The fourth-order valence-corrected chi connectivity index (χ4v) is 1.55. The highest BCUT2D eigenvalue weighted by Gasteiger charge is 2.18. The molecule has 1 aromatic rings. The second kappa shape index (κ2) is 6.15. The van der Waals surface area contributed by atoms with Crippen molar-refractivity contribution in [3.8, 4) is 0 Å². The number of rotatable bonds is 6. The van der Waals surface area contributed by atoms with Crippen molar-refractivity contribution in [3.05, 3.63) is 28.1 Å². The van der Waals surface area contributed by atoms with Crippen LogP contribution in [-0.4, -0.2) is 28.0 Å². The van der Waals surface area contributed by atoms with Gasteiger partial charge in [-0.2, -0.15) is 0 Å². The van der Waals surface area contributed by atoms with Crippen molar-refractivity contribution in [2.45, 2.75) is 32.9 Å². The van der Waals surface area contributed by atoms with E-state index in [1.54, 1.807) is 4.57 Å². The van der Waals surface area contributed by atoms with E-state index in [4.69, 9.17) is 5.73 Å². The third-order valence-corrected chi connectivity index (χ3v) is 2.55. The Balaban J connectivity index is 2.75. The van der Waals surface area contributed by atoms with E-state index in [1.165, 1.54) is 12.3 Å². The number of nitrogens with one attached hydrogen (secondary N) is 1. The maximum atomic E-state index is 11.8. The van der Waals surface area contributed by atoms with Gasteiger partial charge in [-0.15, -0.1) is 0 Å². The SMILES string of the molecule is CCn1cc([N+](=O)[O-])cc1C(=O)NCCC(C)N. The number of nitrogens with two attached hydrogens (primary N) is 1. The Bertz CT molecular complexity index is 439. The summed E-state index contributed by atoms with van der Waals surface area (Å²) in [4.78, 5) is 22.0. The normalized spacial score (nSPS) is 12.2. The van der Waals surface area contributed by atoms with Gasteiger partial charge in [-0.1, -0.05) is 0 Å². The van der Waals surface area contributed by atoms with E-state index >= 15 is 0 Å². The lowest BCUT2D eigenvalue weighted by molar-refractivity contribution is -0.384. The van der Waals surface area contributed by atoms with E-state index in [1.807, 2.05) is 13.8 Å². The molecule has 3 N–H and O–H groups in total. The molecule has 0 saturated heterocycles. The zero-order valence-corrected chi connectivity index (χ0v) is 10.5. The molecule has 0 aliphatic heterocycles. The van der Waals surface area contributed by atoms with Gasteiger partial charge in [-0.25, -0.2) is 0 Å². The Morgan fingerprint density at radius 2 is 2.33 bits per heavy atom. The highest BCUT2D eigenvalue weighted by atomic mass is 16.6. The maximum Gasteiger partial charge on any atom is 0.287 e. The molecule has 1 aromatic heterocycles. The van der Waals surface area contributed by atoms with E-state index in [9.17, 15) is 14.9 Å². The first-order valence-corrected chi connectivity index (χ1v) is 5.84. The highest BCUT2D eigenvalue weighted by molar-refractivity contribution is 5.93. The van der Waals surface area contributed by atoms with Gasteiger partial charge in [0, 0.05) is 25.2 Å². The molecule has 0 radical (unpaired) electrons. The molecular formula is C11H18N4O3. The lowest BCUT2D eigenvalue weighted by atomic mass is 10.2. The van der Waals surface area contributed by atoms with Crippen LogP contribution in [0.3, 0.4) is 0 Å². The Labute approximate surface area is 105 Å². The Morgan fingerprint density at radius 1 is 1.67 bits per heavy atom. The number of carbonyl (C=O) groups is 1. The van der Waals surface area contributed by atoms with E-state index in [2.05, 4.69) is 5.32 Å². The van der Waals surface area contributed by atoms with Crippen LogP contribution in [0.25, 0.3) is 0 Å². The Morgan fingerprint density at radius 3 is 2.83 bits per heavy atom. The lowest BCUT2D eigenvalue weighted by Crippen LogP contribution is -2.30. The molecule has 0 spiro atoms. The van der Waals surface area contributed by atoms with Gasteiger partial charge < -0.3 is 15.6 Å². The van der Waals surface area contributed by atoms with Gasteiger partial charge in [0.1, 0.15) is 5.69 Å². The second-order valence-corrected chi connectivity index (χ2v) is 4.15. The quantitative estimate of drug-likeness (QED) is 0.581. The molecule has 7 nitrogen and oxygen atoms in total. The topological polar surface area (TPSA) is 103 Å². The summed E-state index contributed by atoms with van der Waals surface area (Å²) in [6.45, 7) is 4.64. The molecule has 100 valence electrons. The van der Waals surface area contributed by atoms with E-state index < -0.39 is 4.92 Å². The molecule has 1 rings (SSSR count). The van der Waals surface area contributed by atoms with Crippen LogP contribution in [0.2, 0.25) is 0 Å². The average molecular weight is 254 g/mol. The van der Waals surface area contributed by atoms with Gasteiger partial charge in [0.25, 0.3) is 11.6 Å². The van der Waals surface area contributed by atoms with Crippen LogP contribution in [0.4, 0.5) is 5.69 Å². The van der Waals surface area contributed by atoms with Crippen molar-refractivity contribution >= 4 is 11.6 Å². The highest BCUT2D eigenvalue weighted by Crippen LogP contribution is 2.16. The molecular weight excluding hydrogens is 236 g/mol. The fourth-order valence-electron chi connectivity index (χ4n) is 1.55. The van der Waals surface area contributed by atoms with Crippen molar-refractivity contribution in [2.75, 3.05) is 6.54 Å². The molecule has 0 aliphatic carbocycles. The van der Waals surface area contributed by atoms with Gasteiger partial charge in [0.15, 0.2) is 0 Å². The Kier molecular flexibility index (Phi) is 4.85. The number of aryl methyl sites for hydroxylation is 1. The number of amides is 1. The van der Waals surface area contributed by atoms with Gasteiger partial charge in [-0.05, 0) is 20.3 Å². The predicted molar refractivity (Wildman–Crippen MR) is 67.4 cm³/mol. The summed E-state index contributed by atoms with van der Waals surface area (Å²) >= 11 is 0. The predicted octanol–water partition coefficient (Wildman–Crippen LogP) is 0.883. The van der Waals surface area contributed by atoms with Crippen molar-refractivity contribution < 1.29 is 9.72 Å². The zero-order valence-electron chi connectivity index (χ0n) is 10.5. The standard InChI is InChI=1S/C11H18N4O3/c1-3-14-7-9(15(17)18)6-10(14)11(16)13-5-4-8(2)12/h6-8H,3-5,12H2,1-2H3,(H,13,16). The van der Waals surface area contributed by atoms with E-state index in [-0.39, 0.29) is 17.6 Å². The molecule has 1 atom stereocenters. The van der Waals surface area contributed by atoms with Crippen LogP contribution >= 0.6 is 0 Å². The molecule has 1 heterocycles. The molecule has 7 heteroatoms. The Hall–Kier alpha value is -1.89. The molecule has 18 heavy (non-hydrogen) atoms. The monoisotopic (exact) mass is 254 g/mol. The third kappa shape index (κ3) is 3.56. The number of nitro groups is 1. The first-order valence-electron chi connectivity index (χ1n) is 5.84. The number of carbonyl (C=O) groups excluding carboxylic acids is 1. The van der Waals surface area contributed by atoms with Crippen LogP contribution in [0, 0.1) is 10.1 Å². The third-order valence-electron chi connectivity index (χ3n) is 2.55. The van der Waals surface area contributed by atoms with Crippen molar-refractivity contribution in [3.63, 3.8) is 0 Å². The molecule has 0 aromatic carbocycles. The largest absolute Gasteiger partial charge is 0.351 e. The summed E-state index contributed by atoms with van der Waals surface area (Å²) in [6, 6.07) is 1.29. The molecule has 0 saturated carbocycles. The van der Waals surface area contributed by atoms with Gasteiger partial charge in [0.2, 0.25) is 0 Å². The lowest BCUT2D eigenvalue weighted by Gasteiger charge is -2.08. The molecule has 1 unspecified atom stereocenters. The minimum atomic E-state index is -0.509. The summed E-state index contributed by atoms with van der Waals surface area (Å²) in [5.74, 6) is -0.314. The van der Waals surface area contributed by atoms with E-state index in [0.29, 0.717) is 25.2 Å². The summed E-state index contributed by atoms with van der Waals surface area (Å²) in [5.41, 5.74) is 5.80. The van der Waals surface area contributed by atoms with Crippen molar-refractivity contribution in [1.82, 2.24) is 9.88 Å². The molecule has 0 aliphatic rings. The first kappa shape index (κ1) is 14.2. The van der Waals surface area contributed by atoms with Crippen LogP contribution in [0.15, 0.2) is 12.3 Å². The van der Waals surface area contributed by atoms with Crippen LogP contribution in [0.5, 0.6) is 0 Å². The minimum Gasteiger partial charge on any atom is -0.351 e. The van der Waals surface area contributed by atoms with Gasteiger partial charge in [0.05, 0.1) is 11.1 Å². The number of hydrogen-bond acceptors (Lipinski definition) is 4. The van der Waals surface area contributed by atoms with Crippen LogP contribution < -0.4 is 11.1 Å². The maximum absolute atomic E-state index is 11.8. The van der Waals surface area contributed by atoms with Gasteiger partial charge >= 0.3 is 0 Å². The summed E-state index contributed by atoms with van der Waals surface area (Å²) in [6.07, 6.45) is 2.03. The summed E-state index contributed by atoms with van der Waals surface area (Å²) in [5, 5.41) is 13.3. The smallest absolute Gasteiger partial charge is 0.287 e. The summed E-state index contributed by atoms with van der Waals surface area (Å²) < 4.78 is 1.55. The van der Waals surface area contributed by atoms with E-state index in [0.717, 1.165) is 0 Å². The zero-order chi connectivity index (χ0) is 13.7. The van der Waals surface area contributed by atoms with Gasteiger partial charge in [-0.3, -0.25) is 14.9 Å². The van der Waals surface area contributed by atoms with Crippen LogP contribution in [-0.2, 0) is 6.54 Å². The minimum absolute atomic E-state index is 0.0117. The molecule has 0 bridgehead atoms. The van der Waals surface area contributed by atoms with Crippen molar-refractivity contribution in [2.24, 2.45) is 5.73 Å². The molecule has 0 fully saturated rings. The second-order valence-electron chi connectivity index (χ2n) is 4.15. The van der Waals surface area contributed by atoms with Crippen molar-refractivity contribution in [1.29, 1.82) is 0 Å². The average Bonchev–Trinajstić information content (AvgIpc) is 2.72. The summed E-state index contributed by atoms with van der Waals surface area (Å²) in [7, 11) is 0. The number of hydrogen-bond donors (Lipinski definition) is 2. The molecule has 1 amide bonds. The first-order chi connectivity index (χ1) is 8.45.